The number of likely N-dealkylation sites (N-methyl/N-ethyl adjacent to an activating group) is 1. The molecule has 2 atom stereocenters. The standard InChI is InChI=1S/C22H25N3O3/c1-25-20-9-4-3-6-15(20)13-19(21(25)26)24-22(27)23-18-8-5-7-14-12-16(28-2)10-11-17(14)18/h3-4,6,9-12,18-19H,5,7-8,13H2,1-2H3,(H2,23,24,27). The van der Waals surface area contributed by atoms with Gasteiger partial charge in [0.15, 0.2) is 0 Å². The number of rotatable bonds is 3. The van der Waals surface area contributed by atoms with Gasteiger partial charge in [-0.2, -0.15) is 0 Å². The molecule has 0 fully saturated rings. The van der Waals surface area contributed by atoms with Gasteiger partial charge in [-0.05, 0) is 54.2 Å². The molecule has 3 amide bonds. The summed E-state index contributed by atoms with van der Waals surface area (Å²) in [5.41, 5.74) is 4.30. The fraction of sp³-hybridized carbons (Fsp3) is 0.364. The fourth-order valence-electron chi connectivity index (χ4n) is 4.21. The van der Waals surface area contributed by atoms with Crippen LogP contribution in [0.25, 0.3) is 0 Å². The lowest BCUT2D eigenvalue weighted by Gasteiger charge is -2.33. The maximum absolute atomic E-state index is 12.7. The minimum atomic E-state index is -0.557. The summed E-state index contributed by atoms with van der Waals surface area (Å²) in [6.45, 7) is 0. The Bertz CT molecular complexity index is 912. The number of methoxy groups -OCH3 is 1. The molecule has 2 aliphatic rings. The Morgan fingerprint density at radius 2 is 1.89 bits per heavy atom. The van der Waals surface area contributed by atoms with Crippen molar-refractivity contribution in [3.8, 4) is 5.75 Å². The summed E-state index contributed by atoms with van der Waals surface area (Å²) in [7, 11) is 3.40. The van der Waals surface area contributed by atoms with Crippen molar-refractivity contribution < 1.29 is 14.3 Å². The zero-order valence-corrected chi connectivity index (χ0v) is 16.2. The van der Waals surface area contributed by atoms with Crippen LogP contribution in [0.5, 0.6) is 5.75 Å². The largest absolute Gasteiger partial charge is 0.497 e. The highest BCUT2D eigenvalue weighted by Crippen LogP contribution is 2.32. The highest BCUT2D eigenvalue weighted by atomic mass is 16.5. The number of carbonyl (C=O) groups excluding carboxylic acids is 2. The maximum atomic E-state index is 12.7. The van der Waals surface area contributed by atoms with Gasteiger partial charge in [0.2, 0.25) is 5.91 Å². The molecule has 1 aliphatic carbocycles. The molecule has 6 nitrogen and oxygen atoms in total. The number of anilines is 1. The number of benzene rings is 2. The number of aryl methyl sites for hydroxylation is 1. The summed E-state index contributed by atoms with van der Waals surface area (Å²) in [6.07, 6.45) is 3.37. The van der Waals surface area contributed by atoms with Crippen molar-refractivity contribution in [2.24, 2.45) is 0 Å². The van der Waals surface area contributed by atoms with Crippen LogP contribution in [0.1, 0.15) is 35.6 Å². The molecular weight excluding hydrogens is 354 g/mol. The molecule has 2 unspecified atom stereocenters. The molecule has 2 N–H and O–H groups in total. The van der Waals surface area contributed by atoms with E-state index in [0.717, 1.165) is 41.8 Å². The lowest BCUT2D eigenvalue weighted by molar-refractivity contribution is -0.120. The number of fused-ring (bicyclic) bond motifs is 2. The smallest absolute Gasteiger partial charge is 0.315 e. The number of amides is 3. The first kappa shape index (κ1) is 18.3. The first-order valence-electron chi connectivity index (χ1n) is 9.66. The number of hydrogen-bond acceptors (Lipinski definition) is 3. The molecule has 0 radical (unpaired) electrons. The molecule has 28 heavy (non-hydrogen) atoms. The van der Waals surface area contributed by atoms with Gasteiger partial charge in [0.25, 0.3) is 0 Å². The van der Waals surface area contributed by atoms with E-state index in [1.807, 2.05) is 42.5 Å². The summed E-state index contributed by atoms with van der Waals surface area (Å²) in [6, 6.07) is 12.9. The zero-order valence-electron chi connectivity index (χ0n) is 16.2. The Labute approximate surface area is 164 Å². The number of hydrogen-bond donors (Lipinski definition) is 2. The molecule has 1 aliphatic heterocycles. The molecule has 0 aromatic heterocycles. The lowest BCUT2D eigenvalue weighted by atomic mass is 9.87. The third kappa shape index (κ3) is 3.42. The second-order valence-corrected chi connectivity index (χ2v) is 7.41. The van der Waals surface area contributed by atoms with Gasteiger partial charge in [-0.1, -0.05) is 24.3 Å². The third-order valence-electron chi connectivity index (χ3n) is 5.68. The average Bonchev–Trinajstić information content (AvgIpc) is 2.71. The topological polar surface area (TPSA) is 70.7 Å². The van der Waals surface area contributed by atoms with Crippen LogP contribution < -0.4 is 20.3 Å². The van der Waals surface area contributed by atoms with E-state index in [1.165, 1.54) is 5.56 Å². The van der Waals surface area contributed by atoms with E-state index in [0.29, 0.717) is 6.42 Å². The van der Waals surface area contributed by atoms with Gasteiger partial charge in [0.1, 0.15) is 11.8 Å². The molecule has 1 heterocycles. The zero-order chi connectivity index (χ0) is 19.7. The van der Waals surface area contributed by atoms with Crippen LogP contribution in [-0.4, -0.2) is 32.1 Å². The van der Waals surface area contributed by atoms with Crippen LogP contribution in [-0.2, 0) is 17.6 Å². The van der Waals surface area contributed by atoms with E-state index >= 15 is 0 Å². The molecule has 6 heteroatoms. The van der Waals surface area contributed by atoms with Crippen LogP contribution >= 0.6 is 0 Å². The predicted molar refractivity (Wildman–Crippen MR) is 108 cm³/mol. The van der Waals surface area contributed by atoms with Crippen LogP contribution in [0.2, 0.25) is 0 Å². The number of nitrogens with zero attached hydrogens (tertiary/aromatic N) is 1. The Kier molecular flexibility index (Phi) is 4.94. The normalized spacial score (nSPS) is 20.8. The van der Waals surface area contributed by atoms with Gasteiger partial charge in [0, 0.05) is 19.2 Å². The first-order valence-corrected chi connectivity index (χ1v) is 9.66. The van der Waals surface area contributed by atoms with Gasteiger partial charge < -0.3 is 20.3 Å². The number of ether oxygens (including phenoxy) is 1. The Morgan fingerprint density at radius 3 is 2.71 bits per heavy atom. The van der Waals surface area contributed by atoms with Gasteiger partial charge in [-0.25, -0.2) is 4.79 Å². The van der Waals surface area contributed by atoms with Gasteiger partial charge in [0.05, 0.1) is 13.2 Å². The van der Waals surface area contributed by atoms with E-state index in [4.69, 9.17) is 4.74 Å². The van der Waals surface area contributed by atoms with Crippen molar-refractivity contribution >= 4 is 17.6 Å². The van der Waals surface area contributed by atoms with Crippen molar-refractivity contribution in [2.75, 3.05) is 19.1 Å². The Balaban J connectivity index is 1.45. The van der Waals surface area contributed by atoms with E-state index < -0.39 is 6.04 Å². The fourth-order valence-corrected chi connectivity index (χ4v) is 4.21. The maximum Gasteiger partial charge on any atom is 0.315 e. The SMILES string of the molecule is COc1ccc2c(c1)CCCC2NC(=O)NC1Cc2ccccc2N(C)C1=O. The molecule has 2 aromatic carbocycles. The second-order valence-electron chi connectivity index (χ2n) is 7.41. The highest BCUT2D eigenvalue weighted by Gasteiger charge is 2.32. The molecule has 0 bridgehead atoms. The van der Waals surface area contributed by atoms with E-state index in [-0.39, 0.29) is 18.0 Å². The lowest BCUT2D eigenvalue weighted by Crippen LogP contribution is -2.54. The molecule has 4 rings (SSSR count). The molecule has 0 spiro atoms. The third-order valence-corrected chi connectivity index (χ3v) is 5.68. The Hall–Kier alpha value is -3.02. The number of nitrogens with one attached hydrogen (secondary N) is 2. The molecule has 2 aromatic rings. The predicted octanol–water partition coefficient (Wildman–Crippen LogP) is 2.96. The van der Waals surface area contributed by atoms with E-state index in [1.54, 1.807) is 19.1 Å². The molecule has 0 saturated heterocycles. The van der Waals surface area contributed by atoms with Crippen LogP contribution in [0.15, 0.2) is 42.5 Å². The molecule has 0 saturated carbocycles. The van der Waals surface area contributed by atoms with Crippen LogP contribution in [0.3, 0.4) is 0 Å². The van der Waals surface area contributed by atoms with Crippen LogP contribution in [0.4, 0.5) is 10.5 Å². The van der Waals surface area contributed by atoms with Gasteiger partial charge in [-0.3, -0.25) is 4.79 Å². The number of urea groups is 1. The van der Waals surface area contributed by atoms with E-state index in [2.05, 4.69) is 10.6 Å². The van der Waals surface area contributed by atoms with Crippen molar-refractivity contribution in [2.45, 2.75) is 37.8 Å². The monoisotopic (exact) mass is 379 g/mol. The average molecular weight is 379 g/mol. The highest BCUT2D eigenvalue weighted by molar-refractivity contribution is 6.01. The summed E-state index contributed by atoms with van der Waals surface area (Å²) in [5.74, 6) is 0.737. The summed E-state index contributed by atoms with van der Waals surface area (Å²) in [5, 5.41) is 5.93. The van der Waals surface area contributed by atoms with Crippen LogP contribution in [0, 0.1) is 0 Å². The summed E-state index contributed by atoms with van der Waals surface area (Å²) >= 11 is 0. The molecular formula is C22H25N3O3. The number of para-hydroxylation sites is 1. The minimum Gasteiger partial charge on any atom is -0.497 e. The van der Waals surface area contributed by atoms with Gasteiger partial charge >= 0.3 is 6.03 Å². The summed E-state index contributed by atoms with van der Waals surface area (Å²) in [4.78, 5) is 26.9. The van der Waals surface area contributed by atoms with Crippen molar-refractivity contribution in [3.63, 3.8) is 0 Å². The van der Waals surface area contributed by atoms with Crippen molar-refractivity contribution in [1.82, 2.24) is 10.6 Å². The molecule has 146 valence electrons. The number of carbonyl (C=O) groups is 2. The first-order chi connectivity index (χ1) is 13.6. The Morgan fingerprint density at radius 1 is 1.11 bits per heavy atom. The van der Waals surface area contributed by atoms with Crippen molar-refractivity contribution in [3.05, 3.63) is 59.2 Å². The summed E-state index contributed by atoms with van der Waals surface area (Å²) < 4.78 is 5.31. The van der Waals surface area contributed by atoms with Crippen molar-refractivity contribution in [1.29, 1.82) is 0 Å². The quantitative estimate of drug-likeness (QED) is 0.861. The second kappa shape index (κ2) is 7.54. The van der Waals surface area contributed by atoms with Gasteiger partial charge in [-0.15, -0.1) is 0 Å². The van der Waals surface area contributed by atoms with E-state index in [9.17, 15) is 9.59 Å². The minimum absolute atomic E-state index is 0.0571.